The lowest BCUT2D eigenvalue weighted by Gasteiger charge is -2.16. The third-order valence-corrected chi connectivity index (χ3v) is 5.45. The molecule has 0 atom stereocenters. The minimum atomic E-state index is -1.17. The molecule has 0 aliphatic rings. The van der Waals surface area contributed by atoms with E-state index in [9.17, 15) is 39.5 Å². The van der Waals surface area contributed by atoms with Crippen molar-refractivity contribution in [3.8, 4) is 0 Å². The number of carboxylic acids is 2. The van der Waals surface area contributed by atoms with Gasteiger partial charge >= 0.3 is 23.1 Å². The molecule has 0 bridgehead atoms. The van der Waals surface area contributed by atoms with E-state index in [4.69, 9.17) is 0 Å². The average molecular weight is 475 g/mol. The van der Waals surface area contributed by atoms with E-state index in [1.165, 1.54) is 54.6 Å². The zero-order valence-electron chi connectivity index (χ0n) is 18.0. The summed E-state index contributed by atoms with van der Waals surface area (Å²) in [5.74, 6) is -2.32. The van der Waals surface area contributed by atoms with Crippen LogP contribution in [0, 0.1) is 10.1 Å². The molecule has 0 saturated carbocycles. The van der Waals surface area contributed by atoms with Crippen LogP contribution in [0.15, 0.2) is 76.3 Å². The van der Waals surface area contributed by atoms with Gasteiger partial charge in [-0.25, -0.2) is 9.59 Å². The Morgan fingerprint density at radius 3 is 1.69 bits per heavy atom. The Kier molecular flexibility index (Phi) is 5.98. The van der Waals surface area contributed by atoms with Crippen LogP contribution in [0.25, 0.3) is 11.0 Å². The van der Waals surface area contributed by atoms with Gasteiger partial charge < -0.3 is 10.2 Å². The molecule has 0 unspecified atom stereocenters. The summed E-state index contributed by atoms with van der Waals surface area (Å²) < 4.78 is 2.20. The van der Waals surface area contributed by atoms with Gasteiger partial charge in [0.05, 0.1) is 40.2 Å². The molecule has 0 amide bonds. The maximum atomic E-state index is 13.1. The summed E-state index contributed by atoms with van der Waals surface area (Å²) in [6.07, 6.45) is 0. The number of aromatic carboxylic acids is 2. The summed E-state index contributed by atoms with van der Waals surface area (Å²) in [5.41, 5.74) is -1.03. The minimum Gasteiger partial charge on any atom is -0.478 e. The van der Waals surface area contributed by atoms with Crippen LogP contribution in [0.5, 0.6) is 0 Å². The van der Waals surface area contributed by atoms with Crippen molar-refractivity contribution in [2.24, 2.45) is 0 Å². The number of benzene rings is 3. The maximum Gasteiger partial charge on any atom is 0.335 e. The van der Waals surface area contributed by atoms with Gasteiger partial charge in [-0.3, -0.25) is 28.8 Å². The van der Waals surface area contributed by atoms with E-state index >= 15 is 0 Å². The second kappa shape index (κ2) is 9.06. The lowest BCUT2D eigenvalue weighted by atomic mass is 10.1. The third kappa shape index (κ3) is 4.55. The number of carboxylic acid groups (broad SMARTS) is 2. The van der Waals surface area contributed by atoms with E-state index in [-0.39, 0.29) is 40.9 Å². The topological polar surface area (TPSA) is 162 Å². The molecule has 0 radical (unpaired) electrons. The Morgan fingerprint density at radius 1 is 0.743 bits per heavy atom. The third-order valence-electron chi connectivity index (χ3n) is 5.45. The van der Waals surface area contributed by atoms with Crippen LogP contribution in [-0.2, 0) is 13.1 Å². The first-order chi connectivity index (χ1) is 16.7. The monoisotopic (exact) mass is 475 g/mol. The average Bonchev–Trinajstić information content (AvgIpc) is 2.84. The number of fused-ring (bicyclic) bond motifs is 1. The number of aromatic nitrogens is 2. The van der Waals surface area contributed by atoms with Gasteiger partial charge in [0.2, 0.25) is 0 Å². The molecule has 0 saturated heterocycles. The zero-order valence-corrected chi connectivity index (χ0v) is 18.0. The first kappa shape index (κ1) is 23.1. The summed E-state index contributed by atoms with van der Waals surface area (Å²) in [6, 6.07) is 15.4. The fourth-order valence-electron chi connectivity index (χ4n) is 3.80. The molecule has 4 rings (SSSR count). The van der Waals surface area contributed by atoms with Gasteiger partial charge in [-0.15, -0.1) is 0 Å². The highest BCUT2D eigenvalue weighted by atomic mass is 16.6. The molecule has 0 fully saturated rings. The molecule has 11 nitrogen and oxygen atoms in total. The van der Waals surface area contributed by atoms with Crippen molar-refractivity contribution in [2.75, 3.05) is 0 Å². The van der Waals surface area contributed by atoms with Crippen LogP contribution >= 0.6 is 0 Å². The largest absolute Gasteiger partial charge is 0.478 e. The van der Waals surface area contributed by atoms with Crippen molar-refractivity contribution in [2.45, 2.75) is 13.1 Å². The fraction of sp³-hybridized carbons (Fsp3) is 0.0833. The van der Waals surface area contributed by atoms with E-state index in [1.54, 1.807) is 12.1 Å². The van der Waals surface area contributed by atoms with Gasteiger partial charge in [0.1, 0.15) is 0 Å². The first-order valence-electron chi connectivity index (χ1n) is 10.2. The SMILES string of the molecule is O=C(O)c1cccc(Cn2c(=O)c(=O)n(Cc3cccc(C(=O)O)c3)c3cc([N+](=O)[O-])ccc32)c1. The Bertz CT molecular complexity index is 1630. The molecule has 176 valence electrons. The minimum absolute atomic E-state index is 0.00199. The lowest BCUT2D eigenvalue weighted by Crippen LogP contribution is -2.42. The Morgan fingerprint density at radius 2 is 1.23 bits per heavy atom. The molecule has 4 aromatic rings. The molecule has 3 aromatic carbocycles. The van der Waals surface area contributed by atoms with Crippen LogP contribution in [0.2, 0.25) is 0 Å². The predicted molar refractivity (Wildman–Crippen MR) is 124 cm³/mol. The van der Waals surface area contributed by atoms with Crippen LogP contribution in [0.3, 0.4) is 0 Å². The second-order valence-electron chi connectivity index (χ2n) is 7.72. The molecule has 1 aromatic heterocycles. The van der Waals surface area contributed by atoms with Crippen LogP contribution < -0.4 is 11.1 Å². The number of nitrogens with zero attached hydrogens (tertiary/aromatic N) is 3. The molecule has 0 aliphatic heterocycles. The lowest BCUT2D eigenvalue weighted by molar-refractivity contribution is -0.384. The van der Waals surface area contributed by atoms with E-state index < -0.39 is 28.0 Å². The second-order valence-corrected chi connectivity index (χ2v) is 7.72. The van der Waals surface area contributed by atoms with Crippen molar-refractivity contribution < 1.29 is 24.7 Å². The molecule has 0 spiro atoms. The Balaban J connectivity index is 1.92. The molecule has 35 heavy (non-hydrogen) atoms. The Labute approximate surface area is 195 Å². The van der Waals surface area contributed by atoms with Gasteiger partial charge in [0.15, 0.2) is 0 Å². The predicted octanol–water partition coefficient (Wildman–Crippen LogP) is 2.56. The van der Waals surface area contributed by atoms with Crippen molar-refractivity contribution in [1.29, 1.82) is 0 Å². The maximum absolute atomic E-state index is 13.1. The summed E-state index contributed by atoms with van der Waals surface area (Å²) >= 11 is 0. The highest BCUT2D eigenvalue weighted by Crippen LogP contribution is 2.21. The number of hydrogen-bond donors (Lipinski definition) is 2. The van der Waals surface area contributed by atoms with Gasteiger partial charge in [0, 0.05) is 12.1 Å². The van der Waals surface area contributed by atoms with Gasteiger partial charge in [-0.1, -0.05) is 24.3 Å². The number of rotatable bonds is 7. The van der Waals surface area contributed by atoms with E-state index in [0.29, 0.717) is 11.1 Å². The summed E-state index contributed by atoms with van der Waals surface area (Å²) in [7, 11) is 0. The normalized spacial score (nSPS) is 10.9. The number of nitro benzene ring substituents is 1. The fourth-order valence-corrected chi connectivity index (χ4v) is 3.80. The summed E-state index contributed by atoms with van der Waals surface area (Å²) in [6.45, 7) is -0.332. The van der Waals surface area contributed by atoms with E-state index in [2.05, 4.69) is 0 Å². The molecular formula is C24H17N3O8. The van der Waals surface area contributed by atoms with Gasteiger partial charge in [0.25, 0.3) is 5.69 Å². The van der Waals surface area contributed by atoms with Crippen LogP contribution in [-0.4, -0.2) is 36.2 Å². The number of carbonyl (C=O) groups is 2. The molecular weight excluding hydrogens is 458 g/mol. The van der Waals surface area contributed by atoms with Gasteiger partial charge in [-0.2, -0.15) is 0 Å². The highest BCUT2D eigenvalue weighted by molar-refractivity contribution is 5.88. The smallest absolute Gasteiger partial charge is 0.335 e. The molecule has 11 heteroatoms. The van der Waals surface area contributed by atoms with Crippen molar-refractivity contribution in [3.63, 3.8) is 0 Å². The number of non-ortho nitro benzene ring substituents is 1. The van der Waals surface area contributed by atoms with Crippen molar-refractivity contribution in [1.82, 2.24) is 9.13 Å². The molecule has 1 heterocycles. The van der Waals surface area contributed by atoms with Crippen LogP contribution in [0.4, 0.5) is 5.69 Å². The van der Waals surface area contributed by atoms with E-state index in [1.807, 2.05) is 0 Å². The number of nitro groups is 1. The first-order valence-corrected chi connectivity index (χ1v) is 10.2. The molecule has 2 N–H and O–H groups in total. The van der Waals surface area contributed by atoms with Gasteiger partial charge in [-0.05, 0) is 41.5 Å². The summed E-state index contributed by atoms with van der Waals surface area (Å²) in [4.78, 5) is 59.6. The zero-order chi connectivity index (χ0) is 25.3. The number of hydrogen-bond acceptors (Lipinski definition) is 6. The molecule has 0 aliphatic carbocycles. The van der Waals surface area contributed by atoms with Crippen molar-refractivity contribution in [3.05, 3.63) is 120 Å². The highest BCUT2D eigenvalue weighted by Gasteiger charge is 2.18. The Hall–Kier alpha value is -5.06. The summed E-state index contributed by atoms with van der Waals surface area (Å²) in [5, 5.41) is 29.9. The quantitative estimate of drug-likeness (QED) is 0.234. The standard InChI is InChI=1S/C24H17N3O8/c28-21-22(29)26(13-15-4-2-6-17(10-15)24(32)33)20-11-18(27(34)35)7-8-19(20)25(21)12-14-3-1-5-16(9-14)23(30)31/h1-11H,12-13H2,(H,30,31)(H,32,33). The van der Waals surface area contributed by atoms with Crippen molar-refractivity contribution >= 4 is 28.7 Å². The van der Waals surface area contributed by atoms with E-state index in [0.717, 1.165) is 9.13 Å². The van der Waals surface area contributed by atoms with Crippen LogP contribution in [0.1, 0.15) is 31.8 Å².